The highest BCUT2D eigenvalue weighted by atomic mass is 35.5. The Morgan fingerprint density at radius 2 is 1.91 bits per heavy atom. The molecule has 0 spiro atoms. The van der Waals surface area contributed by atoms with Gasteiger partial charge in [0.25, 0.3) is 0 Å². The molecule has 2 atom stereocenters. The molecule has 0 unspecified atom stereocenters. The fourth-order valence-electron chi connectivity index (χ4n) is 4.85. The second kappa shape index (κ2) is 11.4. The van der Waals surface area contributed by atoms with E-state index in [0.717, 1.165) is 28.3 Å². The van der Waals surface area contributed by atoms with Crippen molar-refractivity contribution in [1.29, 1.82) is 0 Å². The van der Waals surface area contributed by atoms with Crippen LogP contribution in [0.3, 0.4) is 0 Å². The van der Waals surface area contributed by atoms with E-state index in [-0.39, 0.29) is 11.7 Å². The van der Waals surface area contributed by atoms with Gasteiger partial charge in [0.15, 0.2) is 5.78 Å². The maximum Gasteiger partial charge on any atom is 0.336 e. The number of halogens is 1. The molecular weight excluding hydrogens is 482 g/mol. The van der Waals surface area contributed by atoms with E-state index < -0.39 is 11.9 Å². The molecule has 35 heavy (non-hydrogen) atoms. The van der Waals surface area contributed by atoms with Crippen LogP contribution < -0.4 is 10.1 Å². The summed E-state index contributed by atoms with van der Waals surface area (Å²) in [6, 6.07) is 15.2. The minimum absolute atomic E-state index is 0.0332. The largest absolute Gasteiger partial charge is 0.497 e. The highest BCUT2D eigenvalue weighted by Gasteiger charge is 2.41. The molecule has 0 bridgehead atoms. The lowest BCUT2D eigenvalue weighted by Gasteiger charge is -2.36. The SMILES string of the molecule is CCSCCOC(=O)C1=C(C)NC2=C(C(=O)C[C@H](c3ccc(Cl)cc3)C2)[C@H]1c1cccc(OC)c1. The molecule has 0 saturated carbocycles. The number of ether oxygens (including phenoxy) is 2. The highest BCUT2D eigenvalue weighted by molar-refractivity contribution is 7.99. The fourth-order valence-corrected chi connectivity index (χ4v) is 5.47. The van der Waals surface area contributed by atoms with Gasteiger partial charge in [0.1, 0.15) is 12.4 Å². The van der Waals surface area contributed by atoms with Crippen LogP contribution >= 0.6 is 23.4 Å². The molecule has 1 aliphatic heterocycles. The Hall–Kier alpha value is -2.70. The van der Waals surface area contributed by atoms with Crippen LogP contribution in [0.4, 0.5) is 0 Å². The van der Waals surface area contributed by atoms with Crippen molar-refractivity contribution >= 4 is 35.1 Å². The lowest BCUT2D eigenvalue weighted by atomic mass is 9.71. The molecule has 1 heterocycles. The molecule has 2 aromatic carbocycles. The van der Waals surface area contributed by atoms with Crippen molar-refractivity contribution in [3.63, 3.8) is 0 Å². The minimum atomic E-state index is -0.508. The topological polar surface area (TPSA) is 64.6 Å². The van der Waals surface area contributed by atoms with Gasteiger partial charge in [-0.3, -0.25) is 4.79 Å². The van der Waals surface area contributed by atoms with Crippen LogP contribution in [0.1, 0.15) is 49.7 Å². The van der Waals surface area contributed by atoms with Crippen molar-refractivity contribution in [2.45, 2.75) is 38.5 Å². The summed E-state index contributed by atoms with van der Waals surface area (Å²) in [5.74, 6) is 1.56. The van der Waals surface area contributed by atoms with E-state index in [1.807, 2.05) is 55.5 Å². The summed E-state index contributed by atoms with van der Waals surface area (Å²) >= 11 is 7.79. The number of methoxy groups -OCH3 is 1. The summed E-state index contributed by atoms with van der Waals surface area (Å²) in [5.41, 5.74) is 4.62. The van der Waals surface area contributed by atoms with Gasteiger partial charge >= 0.3 is 5.97 Å². The van der Waals surface area contributed by atoms with Crippen molar-refractivity contribution in [3.05, 3.63) is 87.2 Å². The van der Waals surface area contributed by atoms with Crippen LogP contribution in [-0.2, 0) is 14.3 Å². The van der Waals surface area contributed by atoms with Crippen LogP contribution in [0, 0.1) is 0 Å². The van der Waals surface area contributed by atoms with Gasteiger partial charge in [-0.25, -0.2) is 4.79 Å². The molecule has 184 valence electrons. The fraction of sp³-hybridized carbons (Fsp3) is 0.357. The highest BCUT2D eigenvalue weighted by Crippen LogP contribution is 2.46. The zero-order valence-electron chi connectivity index (χ0n) is 20.2. The molecule has 0 radical (unpaired) electrons. The molecular formula is C28H30ClNO4S. The van der Waals surface area contributed by atoms with Crippen molar-refractivity contribution in [2.24, 2.45) is 0 Å². The van der Waals surface area contributed by atoms with E-state index in [0.29, 0.717) is 47.1 Å². The third-order valence-electron chi connectivity index (χ3n) is 6.48. The molecule has 2 aromatic rings. The van der Waals surface area contributed by atoms with E-state index >= 15 is 0 Å². The zero-order valence-corrected chi connectivity index (χ0v) is 21.8. The Labute approximate surface area is 215 Å². The van der Waals surface area contributed by atoms with Gasteiger partial charge in [-0.15, -0.1) is 0 Å². The van der Waals surface area contributed by atoms with Gasteiger partial charge < -0.3 is 14.8 Å². The number of ketones is 1. The Kier molecular flexibility index (Phi) is 8.24. The predicted molar refractivity (Wildman–Crippen MR) is 141 cm³/mol. The number of carbonyl (C=O) groups is 2. The van der Waals surface area contributed by atoms with Crippen LogP contribution in [0.15, 0.2) is 71.1 Å². The Morgan fingerprint density at radius 3 is 2.63 bits per heavy atom. The second-order valence-corrected chi connectivity index (χ2v) is 10.5. The molecule has 4 rings (SSSR count). The maximum atomic E-state index is 13.7. The molecule has 1 N–H and O–H groups in total. The summed E-state index contributed by atoms with van der Waals surface area (Å²) in [6.07, 6.45) is 1.05. The van der Waals surface area contributed by atoms with E-state index in [2.05, 4.69) is 12.2 Å². The van der Waals surface area contributed by atoms with E-state index in [4.69, 9.17) is 21.1 Å². The summed E-state index contributed by atoms with van der Waals surface area (Å²) in [7, 11) is 1.61. The molecule has 5 nitrogen and oxygen atoms in total. The number of benzene rings is 2. The number of nitrogens with one attached hydrogen (secondary N) is 1. The Bertz CT molecular complexity index is 1170. The van der Waals surface area contributed by atoms with Crippen molar-refractivity contribution in [3.8, 4) is 5.75 Å². The Balaban J connectivity index is 1.72. The Morgan fingerprint density at radius 1 is 1.14 bits per heavy atom. The van der Waals surface area contributed by atoms with Crippen LogP contribution in [-0.4, -0.2) is 37.0 Å². The number of thioether (sulfide) groups is 1. The number of carbonyl (C=O) groups excluding carboxylic acids is 2. The molecule has 0 amide bonds. The first-order valence-corrected chi connectivity index (χ1v) is 13.3. The second-order valence-electron chi connectivity index (χ2n) is 8.68. The number of hydrogen-bond donors (Lipinski definition) is 1. The van der Waals surface area contributed by atoms with Crippen LogP contribution in [0.5, 0.6) is 5.75 Å². The summed E-state index contributed by atoms with van der Waals surface area (Å²) in [4.78, 5) is 27.0. The van der Waals surface area contributed by atoms with Gasteiger partial charge in [-0.2, -0.15) is 11.8 Å². The van der Waals surface area contributed by atoms with Gasteiger partial charge in [0.05, 0.1) is 12.7 Å². The molecule has 7 heteroatoms. The van der Waals surface area contributed by atoms with Crippen molar-refractivity contribution in [2.75, 3.05) is 25.2 Å². The monoisotopic (exact) mass is 511 g/mol. The smallest absolute Gasteiger partial charge is 0.336 e. The quantitative estimate of drug-likeness (QED) is 0.346. The summed E-state index contributed by atoms with van der Waals surface area (Å²) in [6.45, 7) is 4.28. The van der Waals surface area contributed by atoms with Crippen LogP contribution in [0.25, 0.3) is 0 Å². The van der Waals surface area contributed by atoms with Crippen molar-refractivity contribution < 1.29 is 19.1 Å². The lowest BCUT2D eigenvalue weighted by molar-refractivity contribution is -0.138. The van der Waals surface area contributed by atoms with Gasteiger partial charge in [-0.05, 0) is 60.4 Å². The predicted octanol–water partition coefficient (Wildman–Crippen LogP) is 6.01. The molecule has 2 aliphatic rings. The van der Waals surface area contributed by atoms with Gasteiger partial charge in [0, 0.05) is 40.1 Å². The third kappa shape index (κ3) is 5.60. The molecule has 0 fully saturated rings. The van der Waals surface area contributed by atoms with Crippen LogP contribution in [0.2, 0.25) is 5.02 Å². The number of hydrogen-bond acceptors (Lipinski definition) is 6. The number of dihydropyridines is 1. The molecule has 1 aliphatic carbocycles. The van der Waals surface area contributed by atoms with Gasteiger partial charge in [0.2, 0.25) is 0 Å². The first-order chi connectivity index (χ1) is 16.9. The number of rotatable bonds is 8. The summed E-state index contributed by atoms with van der Waals surface area (Å²) < 4.78 is 11.1. The number of esters is 1. The van der Waals surface area contributed by atoms with E-state index in [9.17, 15) is 9.59 Å². The van der Waals surface area contributed by atoms with E-state index in [1.165, 1.54) is 0 Å². The van der Waals surface area contributed by atoms with Crippen molar-refractivity contribution in [1.82, 2.24) is 5.32 Å². The average Bonchev–Trinajstić information content (AvgIpc) is 2.86. The molecule has 0 aromatic heterocycles. The number of allylic oxidation sites excluding steroid dienone is 3. The minimum Gasteiger partial charge on any atom is -0.497 e. The average molecular weight is 512 g/mol. The zero-order chi connectivity index (χ0) is 24.9. The van der Waals surface area contributed by atoms with E-state index in [1.54, 1.807) is 18.9 Å². The standard InChI is InChI=1S/C28H30ClNO4S/c1-4-35-13-12-34-28(32)25-17(2)30-23-15-20(18-8-10-21(29)11-9-18)16-24(31)27(23)26(25)19-6-5-7-22(14-19)33-3/h5-11,14,20,26,30H,4,12-13,15-16H2,1-3H3/t20-,26+/m1/s1. The third-order valence-corrected chi connectivity index (χ3v) is 7.60. The normalized spacial score (nSPS) is 19.8. The lowest BCUT2D eigenvalue weighted by Crippen LogP contribution is -2.36. The molecule has 0 saturated heterocycles. The first kappa shape index (κ1) is 25.4. The summed E-state index contributed by atoms with van der Waals surface area (Å²) in [5, 5.41) is 4.07. The van der Waals surface area contributed by atoms with Gasteiger partial charge in [-0.1, -0.05) is 42.8 Å². The maximum absolute atomic E-state index is 13.7. The first-order valence-electron chi connectivity index (χ1n) is 11.8. The number of Topliss-reactive ketones (excluding diaryl/α,β-unsaturated/α-hetero) is 1.